The van der Waals surface area contributed by atoms with E-state index in [4.69, 9.17) is 4.74 Å². The number of nitrogens with one attached hydrogen (secondary N) is 1. The molecule has 1 aromatic heterocycles. The fourth-order valence-electron chi connectivity index (χ4n) is 1.66. The first-order valence-electron chi connectivity index (χ1n) is 5.00. The summed E-state index contributed by atoms with van der Waals surface area (Å²) in [7, 11) is 0. The van der Waals surface area contributed by atoms with Crippen LogP contribution in [0, 0.1) is 0 Å². The smallest absolute Gasteiger partial charge is 0.0903 e. The summed E-state index contributed by atoms with van der Waals surface area (Å²) >= 11 is 1.62. The summed E-state index contributed by atoms with van der Waals surface area (Å²) in [5, 5.41) is 5.39. The fraction of sp³-hybridized carbons (Fsp3) is 0.700. The Balaban J connectivity index is 1.84. The minimum atomic E-state index is 0.0505. The third-order valence-electron chi connectivity index (χ3n) is 2.71. The quantitative estimate of drug-likeness (QED) is 0.829. The van der Waals surface area contributed by atoms with Crippen LogP contribution in [0.25, 0.3) is 0 Å². The summed E-state index contributed by atoms with van der Waals surface area (Å²) in [6.07, 6.45) is 2.19. The van der Waals surface area contributed by atoms with Crippen molar-refractivity contribution in [3.05, 3.63) is 16.6 Å². The lowest BCUT2D eigenvalue weighted by Crippen LogP contribution is -2.41. The Morgan fingerprint density at radius 1 is 1.57 bits per heavy atom. The summed E-state index contributed by atoms with van der Waals surface area (Å²) < 4.78 is 5.92. The molecule has 0 radical (unpaired) electrons. The van der Waals surface area contributed by atoms with E-state index in [9.17, 15) is 0 Å². The lowest BCUT2D eigenvalue weighted by atomic mass is 9.95. The number of hydrogen-bond acceptors (Lipinski definition) is 4. The van der Waals surface area contributed by atoms with E-state index in [-0.39, 0.29) is 5.60 Å². The minimum Gasteiger partial charge on any atom is -0.369 e. The molecule has 3 nitrogen and oxygen atoms in total. The molecule has 0 bridgehead atoms. The van der Waals surface area contributed by atoms with E-state index in [1.165, 1.54) is 0 Å². The van der Waals surface area contributed by atoms with Crippen LogP contribution in [-0.2, 0) is 11.3 Å². The normalized spacial score (nSPS) is 20.9. The largest absolute Gasteiger partial charge is 0.369 e. The molecule has 1 aliphatic heterocycles. The van der Waals surface area contributed by atoms with Gasteiger partial charge in [-0.15, -0.1) is 11.3 Å². The average molecular weight is 212 g/mol. The zero-order chi connectivity index (χ0) is 9.86. The van der Waals surface area contributed by atoms with Crippen molar-refractivity contribution in [3.8, 4) is 0 Å². The van der Waals surface area contributed by atoms with E-state index >= 15 is 0 Å². The van der Waals surface area contributed by atoms with E-state index < -0.39 is 0 Å². The fourth-order valence-corrected chi connectivity index (χ4v) is 2.20. The van der Waals surface area contributed by atoms with E-state index in [2.05, 4.69) is 17.2 Å². The highest BCUT2D eigenvalue weighted by Crippen LogP contribution is 2.23. The summed E-state index contributed by atoms with van der Waals surface area (Å²) in [6, 6.07) is 0. The molecule has 78 valence electrons. The number of nitrogens with zero attached hydrogens (tertiary/aromatic N) is 1. The highest BCUT2D eigenvalue weighted by molar-refractivity contribution is 7.07. The van der Waals surface area contributed by atoms with Crippen LogP contribution >= 0.6 is 11.3 Å². The molecule has 14 heavy (non-hydrogen) atoms. The molecule has 1 aromatic rings. The van der Waals surface area contributed by atoms with Gasteiger partial charge >= 0.3 is 0 Å². The first-order chi connectivity index (χ1) is 6.79. The Morgan fingerprint density at radius 3 is 3.00 bits per heavy atom. The molecule has 0 aromatic carbocycles. The second-order valence-corrected chi connectivity index (χ2v) is 4.69. The van der Waals surface area contributed by atoms with Gasteiger partial charge in [-0.2, -0.15) is 0 Å². The van der Waals surface area contributed by atoms with Gasteiger partial charge in [-0.25, -0.2) is 4.98 Å². The van der Waals surface area contributed by atoms with Gasteiger partial charge in [0.15, 0.2) is 0 Å². The Bertz CT molecular complexity index is 268. The number of thiazole rings is 1. The van der Waals surface area contributed by atoms with Crippen LogP contribution in [0.4, 0.5) is 0 Å². The highest BCUT2D eigenvalue weighted by atomic mass is 32.1. The SMILES string of the molecule is CC1(OCc2cscn2)CCNCC1. The van der Waals surface area contributed by atoms with E-state index in [0.29, 0.717) is 6.61 Å². The molecule has 2 rings (SSSR count). The van der Waals surface area contributed by atoms with Crippen LogP contribution < -0.4 is 5.32 Å². The zero-order valence-electron chi connectivity index (χ0n) is 8.45. The van der Waals surface area contributed by atoms with Gasteiger partial charge in [0.1, 0.15) is 0 Å². The summed E-state index contributed by atoms with van der Waals surface area (Å²) in [6.45, 7) is 4.97. The Labute approximate surface area is 88.5 Å². The van der Waals surface area contributed by atoms with E-state index in [1.54, 1.807) is 11.3 Å². The molecular weight excluding hydrogens is 196 g/mol. The lowest BCUT2D eigenvalue weighted by Gasteiger charge is -2.33. The predicted octanol–water partition coefficient (Wildman–Crippen LogP) is 1.80. The second-order valence-electron chi connectivity index (χ2n) is 3.97. The third kappa shape index (κ3) is 2.53. The summed E-state index contributed by atoms with van der Waals surface area (Å²) in [5.41, 5.74) is 2.95. The molecule has 0 amide bonds. The van der Waals surface area contributed by atoms with Crippen molar-refractivity contribution in [1.29, 1.82) is 0 Å². The molecule has 0 spiro atoms. The van der Waals surface area contributed by atoms with Crippen molar-refractivity contribution in [2.75, 3.05) is 13.1 Å². The minimum absolute atomic E-state index is 0.0505. The number of hydrogen-bond donors (Lipinski definition) is 1. The summed E-state index contributed by atoms with van der Waals surface area (Å²) in [5.74, 6) is 0. The van der Waals surface area contributed by atoms with Gasteiger partial charge in [-0.3, -0.25) is 0 Å². The molecule has 0 aliphatic carbocycles. The van der Waals surface area contributed by atoms with E-state index in [1.807, 2.05) is 10.9 Å². The molecule has 0 saturated carbocycles. The zero-order valence-corrected chi connectivity index (χ0v) is 9.27. The van der Waals surface area contributed by atoms with Gasteiger partial charge in [0.05, 0.1) is 23.4 Å². The standard InChI is InChI=1S/C10H16N2OS/c1-10(2-4-11-5-3-10)13-6-9-7-14-8-12-9/h7-8,11H,2-6H2,1H3. The van der Waals surface area contributed by atoms with E-state index in [0.717, 1.165) is 31.6 Å². The van der Waals surface area contributed by atoms with Crippen LogP contribution in [-0.4, -0.2) is 23.7 Å². The van der Waals surface area contributed by atoms with Crippen molar-refractivity contribution >= 4 is 11.3 Å². The van der Waals surface area contributed by atoms with Gasteiger partial charge in [-0.1, -0.05) is 0 Å². The third-order valence-corrected chi connectivity index (χ3v) is 3.35. The maximum Gasteiger partial charge on any atom is 0.0903 e. The predicted molar refractivity (Wildman–Crippen MR) is 57.4 cm³/mol. The van der Waals surface area contributed by atoms with Crippen LogP contribution in [0.15, 0.2) is 10.9 Å². The number of aromatic nitrogens is 1. The average Bonchev–Trinajstić information content (AvgIpc) is 2.69. The van der Waals surface area contributed by atoms with Crippen LogP contribution in [0.2, 0.25) is 0 Å². The molecule has 1 saturated heterocycles. The first kappa shape index (κ1) is 10.1. The van der Waals surface area contributed by atoms with Gasteiger partial charge < -0.3 is 10.1 Å². The molecule has 0 unspecified atom stereocenters. The van der Waals surface area contributed by atoms with Gasteiger partial charge in [0.25, 0.3) is 0 Å². The number of piperidine rings is 1. The monoisotopic (exact) mass is 212 g/mol. The molecule has 0 atom stereocenters. The second kappa shape index (κ2) is 4.38. The topological polar surface area (TPSA) is 34.1 Å². The van der Waals surface area contributed by atoms with Crippen LogP contribution in [0.1, 0.15) is 25.5 Å². The molecule has 1 N–H and O–H groups in total. The Morgan fingerprint density at radius 2 is 2.36 bits per heavy atom. The molecule has 4 heteroatoms. The van der Waals surface area contributed by atoms with Crippen LogP contribution in [0.3, 0.4) is 0 Å². The number of ether oxygens (including phenoxy) is 1. The molecular formula is C10H16N2OS. The number of rotatable bonds is 3. The molecule has 1 aliphatic rings. The maximum absolute atomic E-state index is 5.92. The van der Waals surface area contributed by atoms with Gasteiger partial charge in [0.2, 0.25) is 0 Å². The van der Waals surface area contributed by atoms with Crippen molar-refractivity contribution in [1.82, 2.24) is 10.3 Å². The Kier molecular flexibility index (Phi) is 3.15. The molecule has 1 fully saturated rings. The summed E-state index contributed by atoms with van der Waals surface area (Å²) in [4.78, 5) is 4.21. The van der Waals surface area contributed by atoms with Crippen molar-refractivity contribution in [2.45, 2.75) is 32.0 Å². The first-order valence-corrected chi connectivity index (χ1v) is 5.95. The molecule has 2 heterocycles. The van der Waals surface area contributed by atoms with Crippen molar-refractivity contribution in [2.24, 2.45) is 0 Å². The van der Waals surface area contributed by atoms with Crippen LogP contribution in [0.5, 0.6) is 0 Å². The van der Waals surface area contributed by atoms with Gasteiger partial charge in [0, 0.05) is 5.38 Å². The highest BCUT2D eigenvalue weighted by Gasteiger charge is 2.27. The van der Waals surface area contributed by atoms with Gasteiger partial charge in [-0.05, 0) is 32.9 Å². The maximum atomic E-state index is 5.92. The Hall–Kier alpha value is -0.450. The lowest BCUT2D eigenvalue weighted by molar-refractivity contribution is -0.0631. The van der Waals surface area contributed by atoms with Crippen molar-refractivity contribution in [3.63, 3.8) is 0 Å². The van der Waals surface area contributed by atoms with Crippen molar-refractivity contribution < 1.29 is 4.74 Å².